The molecule has 0 aliphatic heterocycles. The first-order chi connectivity index (χ1) is 10.1. The highest BCUT2D eigenvalue weighted by atomic mass is 79.9. The number of benzene rings is 1. The summed E-state index contributed by atoms with van der Waals surface area (Å²) in [6.45, 7) is 1.96. The van der Waals surface area contributed by atoms with Crippen molar-refractivity contribution in [1.29, 1.82) is 0 Å². The fraction of sp³-hybridized carbons (Fsp3) is 0.143. The van der Waals surface area contributed by atoms with Crippen LogP contribution in [0.5, 0.6) is 0 Å². The Kier molecular flexibility index (Phi) is 3.73. The Morgan fingerprint density at radius 1 is 1.33 bits per heavy atom. The number of anilines is 3. The molecule has 0 saturated heterocycles. The number of hydrogen-bond acceptors (Lipinski definition) is 4. The van der Waals surface area contributed by atoms with E-state index in [0.717, 1.165) is 27.2 Å². The Hall–Kier alpha value is -1.79. The van der Waals surface area contributed by atoms with Gasteiger partial charge in [0.15, 0.2) is 11.5 Å². The molecule has 0 amide bonds. The highest BCUT2D eigenvalue weighted by molar-refractivity contribution is 9.10. The van der Waals surface area contributed by atoms with Crippen molar-refractivity contribution >= 4 is 50.5 Å². The quantitative estimate of drug-likeness (QED) is 0.728. The molecule has 0 radical (unpaired) electrons. The van der Waals surface area contributed by atoms with Gasteiger partial charge in [0.05, 0.1) is 11.9 Å². The summed E-state index contributed by atoms with van der Waals surface area (Å²) in [5.74, 6) is 1.41. The van der Waals surface area contributed by atoms with Gasteiger partial charge in [0, 0.05) is 28.9 Å². The summed E-state index contributed by atoms with van der Waals surface area (Å²) < 4.78 is 2.83. The summed E-state index contributed by atoms with van der Waals surface area (Å²) in [5.41, 5.74) is 2.60. The van der Waals surface area contributed by atoms with Crippen LogP contribution in [0.25, 0.3) is 5.65 Å². The van der Waals surface area contributed by atoms with E-state index < -0.39 is 0 Å². The largest absolute Gasteiger partial charge is 0.372 e. The van der Waals surface area contributed by atoms with E-state index in [1.807, 2.05) is 42.9 Å². The number of nitrogens with one attached hydrogen (secondary N) is 2. The number of imidazole rings is 1. The third-order valence-electron chi connectivity index (χ3n) is 3.13. The highest BCUT2D eigenvalue weighted by Crippen LogP contribution is 2.32. The molecule has 0 unspecified atom stereocenters. The Morgan fingerprint density at radius 3 is 2.90 bits per heavy atom. The second kappa shape index (κ2) is 5.54. The second-order valence-electron chi connectivity index (χ2n) is 4.59. The van der Waals surface area contributed by atoms with E-state index in [9.17, 15) is 0 Å². The lowest BCUT2D eigenvalue weighted by molar-refractivity contribution is 1.12. The van der Waals surface area contributed by atoms with E-state index in [1.165, 1.54) is 0 Å². The van der Waals surface area contributed by atoms with Crippen molar-refractivity contribution in [1.82, 2.24) is 14.4 Å². The van der Waals surface area contributed by atoms with Crippen molar-refractivity contribution in [3.63, 3.8) is 0 Å². The Bertz CT molecular complexity index is 814. The standard InChI is InChI=1S/C14H13BrClN5/c1-8-5-9(15)11(6-10(8)16)19-13-14-18-3-4-21(14)7-12(17-2)20-13/h3-7,17H,1-2H3,(H,19,20). The Balaban J connectivity index is 2.09. The van der Waals surface area contributed by atoms with Crippen molar-refractivity contribution in [2.24, 2.45) is 0 Å². The van der Waals surface area contributed by atoms with Crippen molar-refractivity contribution in [3.8, 4) is 0 Å². The summed E-state index contributed by atoms with van der Waals surface area (Å²) in [5, 5.41) is 7.01. The zero-order valence-electron chi connectivity index (χ0n) is 11.5. The van der Waals surface area contributed by atoms with Crippen molar-refractivity contribution < 1.29 is 0 Å². The summed E-state index contributed by atoms with van der Waals surface area (Å²) in [4.78, 5) is 8.83. The van der Waals surface area contributed by atoms with E-state index >= 15 is 0 Å². The van der Waals surface area contributed by atoms with E-state index in [2.05, 4.69) is 36.5 Å². The number of hydrogen-bond donors (Lipinski definition) is 2. The second-order valence-corrected chi connectivity index (χ2v) is 5.85. The number of rotatable bonds is 3. The maximum absolute atomic E-state index is 6.19. The lowest BCUT2D eigenvalue weighted by Crippen LogP contribution is -2.03. The van der Waals surface area contributed by atoms with Gasteiger partial charge in [-0.05, 0) is 40.5 Å². The van der Waals surface area contributed by atoms with Crippen LogP contribution in [-0.4, -0.2) is 21.4 Å². The smallest absolute Gasteiger partial charge is 0.180 e. The topological polar surface area (TPSA) is 54.2 Å². The lowest BCUT2D eigenvalue weighted by atomic mass is 10.2. The summed E-state index contributed by atoms with van der Waals surface area (Å²) in [7, 11) is 1.83. The number of fused-ring (bicyclic) bond motifs is 1. The van der Waals surface area contributed by atoms with Gasteiger partial charge >= 0.3 is 0 Å². The molecule has 2 N–H and O–H groups in total. The van der Waals surface area contributed by atoms with Crippen LogP contribution in [0.2, 0.25) is 5.02 Å². The van der Waals surface area contributed by atoms with Gasteiger partial charge in [-0.25, -0.2) is 9.97 Å². The lowest BCUT2D eigenvalue weighted by Gasteiger charge is -2.12. The highest BCUT2D eigenvalue weighted by Gasteiger charge is 2.10. The van der Waals surface area contributed by atoms with Gasteiger partial charge in [-0.15, -0.1) is 0 Å². The van der Waals surface area contributed by atoms with Crippen LogP contribution in [0.15, 0.2) is 35.2 Å². The van der Waals surface area contributed by atoms with Crippen molar-refractivity contribution in [2.75, 3.05) is 17.7 Å². The van der Waals surface area contributed by atoms with Gasteiger partial charge in [0.1, 0.15) is 5.82 Å². The number of nitrogens with zero attached hydrogens (tertiary/aromatic N) is 3. The van der Waals surface area contributed by atoms with Gasteiger partial charge in [0.2, 0.25) is 0 Å². The molecule has 7 heteroatoms. The predicted molar refractivity (Wildman–Crippen MR) is 89.7 cm³/mol. The molecule has 2 heterocycles. The molecule has 5 nitrogen and oxygen atoms in total. The molecule has 1 aromatic carbocycles. The first-order valence-electron chi connectivity index (χ1n) is 6.32. The Labute approximate surface area is 135 Å². The minimum Gasteiger partial charge on any atom is -0.372 e. The minimum atomic E-state index is 0.660. The van der Waals surface area contributed by atoms with Gasteiger partial charge in [-0.3, -0.25) is 0 Å². The van der Waals surface area contributed by atoms with Crippen LogP contribution < -0.4 is 10.6 Å². The van der Waals surface area contributed by atoms with E-state index in [-0.39, 0.29) is 0 Å². The maximum Gasteiger partial charge on any atom is 0.180 e. The third-order valence-corrected chi connectivity index (χ3v) is 4.19. The van der Waals surface area contributed by atoms with Crippen molar-refractivity contribution in [3.05, 3.63) is 45.8 Å². The van der Waals surface area contributed by atoms with Gasteiger partial charge in [0.25, 0.3) is 0 Å². The zero-order chi connectivity index (χ0) is 15.0. The average Bonchev–Trinajstić information content (AvgIpc) is 2.93. The average molecular weight is 367 g/mol. The van der Waals surface area contributed by atoms with E-state index in [0.29, 0.717) is 10.8 Å². The maximum atomic E-state index is 6.19. The van der Waals surface area contributed by atoms with Crippen LogP contribution in [-0.2, 0) is 0 Å². The van der Waals surface area contributed by atoms with Crippen LogP contribution >= 0.6 is 27.5 Å². The molecule has 108 valence electrons. The van der Waals surface area contributed by atoms with Crippen molar-refractivity contribution in [2.45, 2.75) is 6.92 Å². The summed E-state index contributed by atoms with van der Waals surface area (Å²) >= 11 is 9.73. The summed E-state index contributed by atoms with van der Waals surface area (Å²) in [6.07, 6.45) is 5.49. The first-order valence-corrected chi connectivity index (χ1v) is 7.49. The van der Waals surface area contributed by atoms with Crippen LogP contribution in [0.4, 0.5) is 17.3 Å². The molecule has 0 saturated carbocycles. The zero-order valence-corrected chi connectivity index (χ0v) is 13.8. The molecule has 0 fully saturated rings. The molecule has 0 bridgehead atoms. The number of aromatic nitrogens is 3. The SMILES string of the molecule is CNc1cn2ccnc2c(Nc2cc(Cl)c(C)cc2Br)n1. The van der Waals surface area contributed by atoms with Crippen LogP contribution in [0.3, 0.4) is 0 Å². The van der Waals surface area contributed by atoms with Gasteiger partial charge in [-0.1, -0.05) is 11.6 Å². The predicted octanol–water partition coefficient (Wildman–Crippen LogP) is 4.24. The molecule has 0 aliphatic carbocycles. The monoisotopic (exact) mass is 365 g/mol. The van der Waals surface area contributed by atoms with E-state index in [4.69, 9.17) is 11.6 Å². The fourth-order valence-corrected chi connectivity index (χ4v) is 2.73. The molecule has 2 aromatic heterocycles. The number of halogens is 2. The summed E-state index contributed by atoms with van der Waals surface area (Å²) in [6, 6.07) is 3.84. The fourth-order valence-electron chi connectivity index (χ4n) is 2.01. The first kappa shape index (κ1) is 14.2. The molecular weight excluding hydrogens is 354 g/mol. The van der Waals surface area contributed by atoms with Crippen LogP contribution in [0.1, 0.15) is 5.56 Å². The van der Waals surface area contributed by atoms with Gasteiger partial charge in [-0.2, -0.15) is 0 Å². The molecule has 0 aliphatic rings. The number of aryl methyl sites for hydroxylation is 1. The molecule has 0 atom stereocenters. The molecule has 3 aromatic rings. The molecule has 3 rings (SSSR count). The third kappa shape index (κ3) is 2.69. The Morgan fingerprint density at radius 2 is 2.14 bits per heavy atom. The van der Waals surface area contributed by atoms with Crippen LogP contribution in [0, 0.1) is 6.92 Å². The molecular formula is C14H13BrClN5. The molecule has 21 heavy (non-hydrogen) atoms. The van der Waals surface area contributed by atoms with E-state index in [1.54, 1.807) is 6.20 Å². The normalized spacial score (nSPS) is 10.9. The van der Waals surface area contributed by atoms with Gasteiger partial charge < -0.3 is 15.0 Å². The minimum absolute atomic E-state index is 0.660. The molecule has 0 spiro atoms.